The van der Waals surface area contributed by atoms with Crippen LogP contribution < -0.4 is 0 Å². The first kappa shape index (κ1) is 21.5. The lowest BCUT2D eigenvalue weighted by molar-refractivity contribution is -0.178. The molecule has 0 amide bonds. The monoisotopic (exact) mass is 428 g/mol. The van der Waals surface area contributed by atoms with E-state index in [2.05, 4.69) is 0 Å². The molecule has 4 rings (SSSR count). The van der Waals surface area contributed by atoms with E-state index in [1.54, 1.807) is 74.5 Å². The lowest BCUT2D eigenvalue weighted by Gasteiger charge is -2.26. The number of rotatable bonds is 5. The summed E-state index contributed by atoms with van der Waals surface area (Å²) in [7, 11) is 0. The molecule has 0 aromatic heterocycles. The first-order valence-electron chi connectivity index (χ1n) is 10.0. The Morgan fingerprint density at radius 2 is 1.42 bits per heavy atom. The van der Waals surface area contributed by atoms with Crippen LogP contribution >= 0.6 is 0 Å². The summed E-state index contributed by atoms with van der Waals surface area (Å²) in [6, 6.07) is 16.7. The molecule has 8 heteroatoms. The minimum absolute atomic E-state index is 0.170. The molecule has 1 N–H and O–H groups in total. The van der Waals surface area contributed by atoms with Crippen LogP contribution in [0.25, 0.3) is 0 Å². The molecule has 31 heavy (non-hydrogen) atoms. The zero-order valence-corrected chi connectivity index (χ0v) is 17.2. The number of hydrogen-bond acceptors (Lipinski definition) is 8. The molecule has 5 atom stereocenters. The lowest BCUT2D eigenvalue weighted by atomic mass is 10.1. The largest absolute Gasteiger partial charge is 0.452 e. The SMILES string of the molecule is CC1(C)OC[C@H]([C@@H]2OC(O)[C@H](OC(=O)c3ccccc3)[C@H]2OC(=O)c2ccccc2)O1. The van der Waals surface area contributed by atoms with Crippen molar-refractivity contribution in [3.8, 4) is 0 Å². The highest BCUT2D eigenvalue weighted by atomic mass is 16.8. The van der Waals surface area contributed by atoms with E-state index < -0.39 is 48.4 Å². The first-order valence-corrected chi connectivity index (χ1v) is 10.0. The number of hydrogen-bond donors (Lipinski definition) is 1. The van der Waals surface area contributed by atoms with E-state index >= 15 is 0 Å². The molecule has 0 spiro atoms. The van der Waals surface area contributed by atoms with Crippen molar-refractivity contribution in [2.75, 3.05) is 6.61 Å². The Kier molecular flexibility index (Phi) is 6.06. The summed E-state index contributed by atoms with van der Waals surface area (Å²) in [5.74, 6) is -2.16. The highest BCUT2D eigenvalue weighted by molar-refractivity contribution is 5.90. The smallest absolute Gasteiger partial charge is 0.338 e. The quantitative estimate of drug-likeness (QED) is 0.724. The number of esters is 2. The van der Waals surface area contributed by atoms with Crippen LogP contribution in [0.1, 0.15) is 34.6 Å². The summed E-state index contributed by atoms with van der Waals surface area (Å²) in [5.41, 5.74) is 0.618. The molecule has 164 valence electrons. The molecule has 2 heterocycles. The zero-order valence-electron chi connectivity index (χ0n) is 17.2. The van der Waals surface area contributed by atoms with Gasteiger partial charge in [0.25, 0.3) is 0 Å². The summed E-state index contributed by atoms with van der Waals surface area (Å²) in [6.45, 7) is 3.66. The van der Waals surface area contributed by atoms with Crippen LogP contribution in [-0.2, 0) is 23.7 Å². The minimum Gasteiger partial charge on any atom is -0.452 e. The fourth-order valence-electron chi connectivity index (χ4n) is 3.63. The summed E-state index contributed by atoms with van der Waals surface area (Å²) in [6.07, 6.45) is -5.36. The van der Waals surface area contributed by atoms with Crippen molar-refractivity contribution in [2.24, 2.45) is 0 Å². The van der Waals surface area contributed by atoms with E-state index in [-0.39, 0.29) is 6.61 Å². The topological polar surface area (TPSA) is 101 Å². The van der Waals surface area contributed by atoms with E-state index in [9.17, 15) is 14.7 Å². The van der Waals surface area contributed by atoms with Crippen LogP contribution in [0.4, 0.5) is 0 Å². The number of carbonyl (C=O) groups is 2. The van der Waals surface area contributed by atoms with Crippen molar-refractivity contribution in [3.63, 3.8) is 0 Å². The third-order valence-electron chi connectivity index (χ3n) is 5.13. The normalized spacial score (nSPS) is 29.5. The second-order valence-electron chi connectivity index (χ2n) is 7.83. The molecule has 0 saturated carbocycles. The predicted molar refractivity (Wildman–Crippen MR) is 107 cm³/mol. The third kappa shape index (κ3) is 4.77. The van der Waals surface area contributed by atoms with Gasteiger partial charge in [0.15, 0.2) is 24.3 Å². The fourth-order valence-corrected chi connectivity index (χ4v) is 3.63. The van der Waals surface area contributed by atoms with Crippen LogP contribution in [0.3, 0.4) is 0 Å². The van der Waals surface area contributed by atoms with Gasteiger partial charge in [0.05, 0.1) is 17.7 Å². The average Bonchev–Trinajstić information content (AvgIpc) is 3.28. The van der Waals surface area contributed by atoms with Crippen molar-refractivity contribution in [3.05, 3.63) is 71.8 Å². The Bertz CT molecular complexity index is 914. The summed E-state index contributed by atoms with van der Waals surface area (Å²) < 4.78 is 28.3. The molecular weight excluding hydrogens is 404 g/mol. The van der Waals surface area contributed by atoms with E-state index in [4.69, 9.17) is 23.7 Å². The van der Waals surface area contributed by atoms with Crippen molar-refractivity contribution in [1.82, 2.24) is 0 Å². The summed E-state index contributed by atoms with van der Waals surface area (Å²) in [5, 5.41) is 10.5. The second kappa shape index (κ2) is 8.76. The molecule has 1 unspecified atom stereocenters. The van der Waals surface area contributed by atoms with Crippen LogP contribution in [0.5, 0.6) is 0 Å². The van der Waals surface area contributed by atoms with Gasteiger partial charge in [-0.15, -0.1) is 0 Å². The molecule has 2 fully saturated rings. The molecule has 2 aliphatic rings. The summed E-state index contributed by atoms with van der Waals surface area (Å²) in [4.78, 5) is 25.3. The van der Waals surface area contributed by atoms with Crippen LogP contribution in [0.15, 0.2) is 60.7 Å². The molecule has 2 aromatic rings. The molecule has 2 saturated heterocycles. The fraction of sp³-hybridized carbons (Fsp3) is 0.391. The number of aliphatic hydroxyl groups excluding tert-OH is 1. The average molecular weight is 428 g/mol. The molecule has 0 aliphatic carbocycles. The van der Waals surface area contributed by atoms with Crippen molar-refractivity contribution >= 4 is 11.9 Å². The Morgan fingerprint density at radius 3 is 1.90 bits per heavy atom. The Balaban J connectivity index is 1.57. The maximum Gasteiger partial charge on any atom is 0.338 e. The third-order valence-corrected chi connectivity index (χ3v) is 5.13. The Morgan fingerprint density at radius 1 is 0.903 bits per heavy atom. The highest BCUT2D eigenvalue weighted by Crippen LogP contribution is 2.35. The van der Waals surface area contributed by atoms with E-state index in [1.165, 1.54) is 0 Å². The van der Waals surface area contributed by atoms with Gasteiger partial charge in [-0.05, 0) is 38.1 Å². The molecule has 2 aliphatic heterocycles. The molecule has 2 aromatic carbocycles. The molecular formula is C23H24O8. The van der Waals surface area contributed by atoms with Gasteiger partial charge in [0.2, 0.25) is 0 Å². The second-order valence-corrected chi connectivity index (χ2v) is 7.83. The van der Waals surface area contributed by atoms with Gasteiger partial charge in [-0.25, -0.2) is 9.59 Å². The van der Waals surface area contributed by atoms with Gasteiger partial charge in [0, 0.05) is 0 Å². The van der Waals surface area contributed by atoms with Crippen molar-refractivity contribution < 1.29 is 38.4 Å². The van der Waals surface area contributed by atoms with Gasteiger partial charge >= 0.3 is 11.9 Å². The van der Waals surface area contributed by atoms with Gasteiger partial charge in [0.1, 0.15) is 12.2 Å². The number of carbonyl (C=O) groups excluding carboxylic acids is 2. The lowest BCUT2D eigenvalue weighted by Crippen LogP contribution is -2.45. The van der Waals surface area contributed by atoms with E-state index in [0.29, 0.717) is 11.1 Å². The van der Waals surface area contributed by atoms with Gasteiger partial charge in [-0.2, -0.15) is 0 Å². The van der Waals surface area contributed by atoms with Crippen molar-refractivity contribution in [2.45, 2.75) is 50.3 Å². The standard InChI is InChI=1S/C23H24O8/c1-23(2)27-13-16(31-23)17-18(29-20(24)14-9-5-3-6-10-14)19(22(26)28-17)30-21(25)15-11-7-4-8-12-15/h3-12,16-19,22,26H,13H2,1-2H3/t16-,17+,18+,19-,22?/m1/s1. The van der Waals surface area contributed by atoms with Crippen LogP contribution in [-0.4, -0.2) is 60.1 Å². The molecule has 0 bridgehead atoms. The molecule has 0 radical (unpaired) electrons. The Hall–Kier alpha value is -2.78. The molecule has 8 nitrogen and oxygen atoms in total. The number of ether oxygens (including phenoxy) is 5. The first-order chi connectivity index (χ1) is 14.8. The van der Waals surface area contributed by atoms with E-state index in [1.807, 2.05) is 0 Å². The van der Waals surface area contributed by atoms with Gasteiger partial charge in [-0.3, -0.25) is 0 Å². The van der Waals surface area contributed by atoms with Gasteiger partial charge in [-0.1, -0.05) is 36.4 Å². The predicted octanol–water partition coefficient (Wildman–Crippen LogP) is 2.31. The highest BCUT2D eigenvalue weighted by Gasteiger charge is 2.55. The maximum atomic E-state index is 12.7. The minimum atomic E-state index is -1.50. The number of aliphatic hydroxyl groups is 1. The number of benzene rings is 2. The van der Waals surface area contributed by atoms with Crippen LogP contribution in [0.2, 0.25) is 0 Å². The van der Waals surface area contributed by atoms with Gasteiger partial charge < -0.3 is 28.8 Å². The van der Waals surface area contributed by atoms with Crippen molar-refractivity contribution in [1.29, 1.82) is 0 Å². The summed E-state index contributed by atoms with van der Waals surface area (Å²) >= 11 is 0. The van der Waals surface area contributed by atoms with E-state index in [0.717, 1.165) is 0 Å². The zero-order chi connectivity index (χ0) is 22.0. The maximum absolute atomic E-state index is 12.7. The Labute approximate surface area is 179 Å². The van der Waals surface area contributed by atoms with Crippen LogP contribution in [0, 0.1) is 0 Å².